The summed E-state index contributed by atoms with van der Waals surface area (Å²) >= 11 is 0. The summed E-state index contributed by atoms with van der Waals surface area (Å²) in [5.74, 6) is 5.94. The number of hydrazine groups is 1. The van der Waals surface area contributed by atoms with Gasteiger partial charge >= 0.3 is 0 Å². The monoisotopic (exact) mass is 169 g/mol. The van der Waals surface area contributed by atoms with Crippen molar-refractivity contribution < 1.29 is 0 Å². The van der Waals surface area contributed by atoms with Crippen molar-refractivity contribution >= 4 is 11.8 Å². The molecule has 6 heteroatoms. The highest BCUT2D eigenvalue weighted by molar-refractivity contribution is 5.38. The van der Waals surface area contributed by atoms with Gasteiger partial charge in [0.25, 0.3) is 5.56 Å². The summed E-state index contributed by atoms with van der Waals surface area (Å²) in [5.41, 5.74) is 5.00. The molecule has 0 fully saturated rings. The van der Waals surface area contributed by atoms with Gasteiger partial charge in [0.15, 0.2) is 5.82 Å². The van der Waals surface area contributed by atoms with Crippen molar-refractivity contribution in [1.82, 2.24) is 9.97 Å². The van der Waals surface area contributed by atoms with Crippen molar-refractivity contribution in [1.29, 1.82) is 0 Å². The molecule has 0 amide bonds. The molecule has 6 nitrogen and oxygen atoms in total. The Morgan fingerprint density at radius 1 is 1.75 bits per heavy atom. The SMILES string of the molecule is CCN(N)c1cc(=O)[nH]c(N)n1. The first-order chi connectivity index (χ1) is 5.63. The lowest BCUT2D eigenvalue weighted by molar-refractivity contribution is 0.862. The fourth-order valence-corrected chi connectivity index (χ4v) is 0.772. The molecule has 1 aromatic rings. The highest BCUT2D eigenvalue weighted by Gasteiger charge is 2.01. The van der Waals surface area contributed by atoms with Crippen molar-refractivity contribution in [3.8, 4) is 0 Å². The zero-order valence-corrected chi connectivity index (χ0v) is 6.74. The van der Waals surface area contributed by atoms with Crippen molar-refractivity contribution in [2.75, 3.05) is 17.3 Å². The maximum atomic E-state index is 10.9. The van der Waals surface area contributed by atoms with Gasteiger partial charge in [0, 0.05) is 12.6 Å². The Kier molecular flexibility index (Phi) is 2.29. The molecule has 0 saturated heterocycles. The largest absolute Gasteiger partial charge is 0.369 e. The van der Waals surface area contributed by atoms with Gasteiger partial charge in [-0.05, 0) is 6.92 Å². The first-order valence-electron chi connectivity index (χ1n) is 3.52. The van der Waals surface area contributed by atoms with Crippen molar-refractivity contribution in [2.24, 2.45) is 5.84 Å². The molecule has 0 unspecified atom stereocenters. The number of hydrogen-bond donors (Lipinski definition) is 3. The molecule has 0 atom stereocenters. The summed E-state index contributed by atoms with van der Waals surface area (Å²) < 4.78 is 0. The molecule has 0 spiro atoms. The number of H-pyrrole nitrogens is 1. The van der Waals surface area contributed by atoms with Crippen LogP contribution in [0, 0.1) is 0 Å². The van der Waals surface area contributed by atoms with E-state index in [1.54, 1.807) is 0 Å². The molecule has 0 saturated carbocycles. The molecule has 1 rings (SSSR count). The van der Waals surface area contributed by atoms with E-state index < -0.39 is 0 Å². The highest BCUT2D eigenvalue weighted by Crippen LogP contribution is 2.02. The van der Waals surface area contributed by atoms with Gasteiger partial charge in [-0.25, -0.2) is 5.84 Å². The fourth-order valence-electron chi connectivity index (χ4n) is 0.772. The molecule has 1 heterocycles. The number of hydrogen-bond acceptors (Lipinski definition) is 5. The first kappa shape index (κ1) is 8.54. The summed E-state index contributed by atoms with van der Waals surface area (Å²) in [6.45, 7) is 2.41. The number of aromatic nitrogens is 2. The molecule has 0 aliphatic carbocycles. The average molecular weight is 169 g/mol. The van der Waals surface area contributed by atoms with Crippen LogP contribution in [0.25, 0.3) is 0 Å². The van der Waals surface area contributed by atoms with Gasteiger partial charge < -0.3 is 5.73 Å². The van der Waals surface area contributed by atoms with Crippen LogP contribution in [0.1, 0.15) is 6.92 Å². The lowest BCUT2D eigenvalue weighted by Crippen LogP contribution is -2.32. The third-order valence-corrected chi connectivity index (χ3v) is 1.38. The van der Waals surface area contributed by atoms with E-state index in [1.165, 1.54) is 11.1 Å². The average Bonchev–Trinajstić information content (AvgIpc) is 2.01. The first-order valence-corrected chi connectivity index (χ1v) is 3.52. The molecule has 0 aromatic carbocycles. The third-order valence-electron chi connectivity index (χ3n) is 1.38. The fraction of sp³-hybridized carbons (Fsp3) is 0.333. The van der Waals surface area contributed by atoms with Gasteiger partial charge in [0.1, 0.15) is 0 Å². The quantitative estimate of drug-likeness (QED) is 0.391. The summed E-state index contributed by atoms with van der Waals surface area (Å²) in [7, 11) is 0. The van der Waals surface area contributed by atoms with Crippen molar-refractivity contribution in [3.05, 3.63) is 16.4 Å². The van der Waals surface area contributed by atoms with Crippen LogP contribution in [0.3, 0.4) is 0 Å². The topological polar surface area (TPSA) is 101 Å². The van der Waals surface area contributed by atoms with Gasteiger partial charge in [-0.2, -0.15) is 4.98 Å². The molecule has 5 N–H and O–H groups in total. The van der Waals surface area contributed by atoms with Crippen LogP contribution in [-0.2, 0) is 0 Å². The van der Waals surface area contributed by atoms with E-state index in [4.69, 9.17) is 11.6 Å². The predicted molar refractivity (Wildman–Crippen MR) is 46.5 cm³/mol. The van der Waals surface area contributed by atoms with E-state index in [2.05, 4.69) is 9.97 Å². The molecule has 0 aliphatic rings. The second kappa shape index (κ2) is 3.22. The van der Waals surface area contributed by atoms with Crippen molar-refractivity contribution in [2.45, 2.75) is 6.92 Å². The number of anilines is 2. The highest BCUT2D eigenvalue weighted by atomic mass is 16.1. The van der Waals surface area contributed by atoms with Gasteiger partial charge in [-0.15, -0.1) is 0 Å². The van der Waals surface area contributed by atoms with Gasteiger partial charge in [0.05, 0.1) is 0 Å². The van der Waals surface area contributed by atoms with E-state index in [0.29, 0.717) is 12.4 Å². The minimum absolute atomic E-state index is 0.0707. The number of nitrogens with zero attached hydrogens (tertiary/aromatic N) is 2. The van der Waals surface area contributed by atoms with Crippen LogP contribution in [-0.4, -0.2) is 16.5 Å². The minimum atomic E-state index is -0.304. The summed E-state index contributed by atoms with van der Waals surface area (Å²) in [6.07, 6.45) is 0. The van der Waals surface area contributed by atoms with Crippen LogP contribution in [0.5, 0.6) is 0 Å². The minimum Gasteiger partial charge on any atom is -0.369 e. The molecule has 0 radical (unpaired) electrons. The van der Waals surface area contributed by atoms with Crippen LogP contribution in [0.15, 0.2) is 10.9 Å². The van der Waals surface area contributed by atoms with Crippen LogP contribution in [0.2, 0.25) is 0 Å². The molecule has 0 aliphatic heterocycles. The summed E-state index contributed by atoms with van der Waals surface area (Å²) in [4.78, 5) is 17.0. The van der Waals surface area contributed by atoms with Crippen molar-refractivity contribution in [3.63, 3.8) is 0 Å². The molecule has 0 bridgehead atoms. The van der Waals surface area contributed by atoms with Crippen LogP contribution < -0.4 is 22.1 Å². The molecular weight excluding hydrogens is 158 g/mol. The van der Waals surface area contributed by atoms with E-state index in [1.807, 2.05) is 6.92 Å². The lowest BCUT2D eigenvalue weighted by Gasteiger charge is -2.13. The Morgan fingerprint density at radius 2 is 2.42 bits per heavy atom. The normalized spacial score (nSPS) is 9.83. The lowest BCUT2D eigenvalue weighted by atomic mass is 10.5. The maximum Gasteiger partial charge on any atom is 0.254 e. The predicted octanol–water partition coefficient (Wildman–Crippen LogP) is -0.948. The number of aromatic amines is 1. The van der Waals surface area contributed by atoms with E-state index >= 15 is 0 Å². The van der Waals surface area contributed by atoms with E-state index in [-0.39, 0.29) is 11.5 Å². The van der Waals surface area contributed by atoms with E-state index in [0.717, 1.165) is 0 Å². The smallest absolute Gasteiger partial charge is 0.254 e. The van der Waals surface area contributed by atoms with Gasteiger partial charge in [-0.1, -0.05) is 0 Å². The Labute approximate surface area is 69.2 Å². The molecule has 66 valence electrons. The van der Waals surface area contributed by atoms with Crippen LogP contribution >= 0.6 is 0 Å². The number of nitrogens with one attached hydrogen (secondary N) is 1. The molecule has 1 aromatic heterocycles. The Hall–Kier alpha value is -1.56. The Morgan fingerprint density at radius 3 is 2.92 bits per heavy atom. The van der Waals surface area contributed by atoms with E-state index in [9.17, 15) is 4.79 Å². The number of rotatable bonds is 2. The van der Waals surface area contributed by atoms with Crippen LogP contribution in [0.4, 0.5) is 11.8 Å². The Bertz CT molecular complexity index is 320. The standard InChI is InChI=1S/C6H11N5O/c1-2-11(8)4-3-5(12)10-6(7)9-4/h3H,2,8H2,1H3,(H3,7,9,10,12). The van der Waals surface area contributed by atoms with Gasteiger partial charge in [-0.3, -0.25) is 14.8 Å². The Balaban J connectivity index is 3.08. The molecular formula is C6H11N5O. The number of nitrogens with two attached hydrogens (primary N) is 2. The van der Waals surface area contributed by atoms with Gasteiger partial charge in [0.2, 0.25) is 5.95 Å². The summed E-state index contributed by atoms with van der Waals surface area (Å²) in [5, 5.41) is 1.34. The third kappa shape index (κ3) is 1.73. The maximum absolute atomic E-state index is 10.9. The zero-order valence-electron chi connectivity index (χ0n) is 6.74. The number of nitrogen functional groups attached to an aromatic ring is 1. The summed E-state index contributed by atoms with van der Waals surface area (Å²) in [6, 6.07) is 1.29. The zero-order chi connectivity index (χ0) is 9.14. The second-order valence-electron chi connectivity index (χ2n) is 2.27. The molecule has 12 heavy (non-hydrogen) atoms. The second-order valence-corrected chi connectivity index (χ2v) is 2.27.